The Bertz CT molecular complexity index is 707. The Kier molecular flexibility index (Phi) is 9.09. The maximum Gasteiger partial charge on any atom is 0.314 e. The first-order valence-electron chi connectivity index (χ1n) is 7.99. The summed E-state index contributed by atoms with van der Waals surface area (Å²) in [6.07, 6.45) is -0.117. The van der Waals surface area contributed by atoms with E-state index < -0.39 is 17.8 Å². The van der Waals surface area contributed by atoms with E-state index in [-0.39, 0.29) is 25.4 Å². The van der Waals surface area contributed by atoms with Gasteiger partial charge >= 0.3 is 5.97 Å². The van der Waals surface area contributed by atoms with E-state index in [0.29, 0.717) is 21.4 Å². The zero-order valence-corrected chi connectivity index (χ0v) is 16.3. The SMILES string of the molecule is CCOC(=O)C(C)/C(C)=N/NC(=O)CCC(=O)Nc1ccc(Cl)cc1Cl. The Morgan fingerprint density at radius 3 is 2.46 bits per heavy atom. The molecule has 0 spiro atoms. The van der Waals surface area contributed by atoms with E-state index in [1.165, 1.54) is 6.07 Å². The molecule has 0 bridgehead atoms. The molecule has 0 aliphatic heterocycles. The van der Waals surface area contributed by atoms with Crippen molar-refractivity contribution in [3.05, 3.63) is 28.2 Å². The largest absolute Gasteiger partial charge is 0.465 e. The van der Waals surface area contributed by atoms with Crippen molar-refractivity contribution in [1.82, 2.24) is 5.43 Å². The standard InChI is InChI=1S/C17H21Cl2N3O4/c1-4-26-17(25)10(2)11(3)21-22-16(24)8-7-15(23)20-14-6-5-12(18)9-13(14)19/h5-6,9-10H,4,7-8H2,1-3H3,(H,20,23)(H,22,24)/b21-11+. The van der Waals surface area contributed by atoms with Gasteiger partial charge in [0, 0.05) is 23.6 Å². The van der Waals surface area contributed by atoms with Gasteiger partial charge in [-0.15, -0.1) is 0 Å². The second-order valence-electron chi connectivity index (χ2n) is 5.43. The highest BCUT2D eigenvalue weighted by Crippen LogP contribution is 2.25. The molecule has 2 amide bonds. The number of esters is 1. The number of benzene rings is 1. The van der Waals surface area contributed by atoms with Crippen molar-refractivity contribution in [1.29, 1.82) is 0 Å². The van der Waals surface area contributed by atoms with Crippen molar-refractivity contribution >= 4 is 52.4 Å². The molecule has 0 saturated carbocycles. The number of carbonyl (C=O) groups excluding carboxylic acids is 3. The first kappa shape index (κ1) is 21.9. The number of anilines is 1. The lowest BCUT2D eigenvalue weighted by molar-refractivity contribution is -0.145. The van der Waals surface area contributed by atoms with Crippen LogP contribution in [-0.2, 0) is 19.1 Å². The van der Waals surface area contributed by atoms with E-state index in [1.54, 1.807) is 32.9 Å². The lowest BCUT2D eigenvalue weighted by Gasteiger charge is -2.10. The van der Waals surface area contributed by atoms with E-state index in [1.807, 2.05) is 0 Å². The van der Waals surface area contributed by atoms with Crippen LogP contribution in [0.5, 0.6) is 0 Å². The Morgan fingerprint density at radius 1 is 1.19 bits per heavy atom. The number of rotatable bonds is 8. The number of ether oxygens (including phenoxy) is 1. The molecule has 26 heavy (non-hydrogen) atoms. The number of carbonyl (C=O) groups is 3. The van der Waals surface area contributed by atoms with Crippen molar-refractivity contribution in [3.8, 4) is 0 Å². The monoisotopic (exact) mass is 401 g/mol. The van der Waals surface area contributed by atoms with Gasteiger partial charge in [0.05, 0.1) is 23.2 Å². The average molecular weight is 402 g/mol. The van der Waals surface area contributed by atoms with Gasteiger partial charge < -0.3 is 10.1 Å². The van der Waals surface area contributed by atoms with Gasteiger partial charge in [-0.25, -0.2) is 5.43 Å². The van der Waals surface area contributed by atoms with Crippen LogP contribution in [0.25, 0.3) is 0 Å². The van der Waals surface area contributed by atoms with Crippen molar-refractivity contribution < 1.29 is 19.1 Å². The fourth-order valence-electron chi connectivity index (χ4n) is 1.77. The lowest BCUT2D eigenvalue weighted by Crippen LogP contribution is -2.26. The Balaban J connectivity index is 2.44. The minimum atomic E-state index is -0.564. The third-order valence-electron chi connectivity index (χ3n) is 3.41. The third-order valence-corrected chi connectivity index (χ3v) is 3.96. The molecule has 1 unspecified atom stereocenters. The summed E-state index contributed by atoms with van der Waals surface area (Å²) < 4.78 is 4.88. The minimum absolute atomic E-state index is 0.0488. The van der Waals surface area contributed by atoms with E-state index in [2.05, 4.69) is 15.8 Å². The number of amides is 2. The number of nitrogens with zero attached hydrogens (tertiary/aromatic N) is 1. The Morgan fingerprint density at radius 2 is 1.85 bits per heavy atom. The molecule has 0 heterocycles. The molecule has 0 aromatic heterocycles. The maximum atomic E-state index is 11.9. The van der Waals surface area contributed by atoms with Gasteiger partial charge in [0.2, 0.25) is 11.8 Å². The molecule has 7 nitrogen and oxygen atoms in total. The number of halogens is 2. The molecule has 0 fully saturated rings. The van der Waals surface area contributed by atoms with E-state index in [0.717, 1.165) is 0 Å². The normalized spacial score (nSPS) is 12.3. The van der Waals surface area contributed by atoms with Crippen molar-refractivity contribution in [2.45, 2.75) is 33.6 Å². The first-order chi connectivity index (χ1) is 12.2. The molecule has 1 rings (SSSR count). The second-order valence-corrected chi connectivity index (χ2v) is 6.28. The molecule has 0 saturated heterocycles. The third kappa shape index (κ3) is 7.41. The highest BCUT2D eigenvalue weighted by molar-refractivity contribution is 6.36. The van der Waals surface area contributed by atoms with Gasteiger partial charge in [0.25, 0.3) is 0 Å². The Labute approximate surface area is 162 Å². The molecular formula is C17H21Cl2N3O4. The molecule has 0 aliphatic rings. The van der Waals surface area contributed by atoms with Crippen LogP contribution in [0.3, 0.4) is 0 Å². The molecule has 2 N–H and O–H groups in total. The van der Waals surface area contributed by atoms with Crippen LogP contribution >= 0.6 is 23.2 Å². The van der Waals surface area contributed by atoms with Gasteiger partial charge in [0.15, 0.2) is 0 Å². The predicted octanol–water partition coefficient (Wildman–Crippen LogP) is 3.40. The summed E-state index contributed by atoms with van der Waals surface area (Å²) in [5.41, 5.74) is 3.14. The maximum absolute atomic E-state index is 11.9. The van der Waals surface area contributed by atoms with Gasteiger partial charge in [-0.3, -0.25) is 14.4 Å². The summed E-state index contributed by atoms with van der Waals surface area (Å²) >= 11 is 11.7. The van der Waals surface area contributed by atoms with Crippen LogP contribution in [0.4, 0.5) is 5.69 Å². The fourth-order valence-corrected chi connectivity index (χ4v) is 2.23. The summed E-state index contributed by atoms with van der Waals surface area (Å²) in [5, 5.41) is 7.23. The molecule has 1 aromatic carbocycles. The number of nitrogens with one attached hydrogen (secondary N) is 2. The van der Waals surface area contributed by atoms with Crippen LogP contribution in [-0.4, -0.2) is 30.1 Å². The second kappa shape index (κ2) is 10.8. The summed E-state index contributed by atoms with van der Waals surface area (Å²) in [6.45, 7) is 5.22. The van der Waals surface area contributed by atoms with Gasteiger partial charge in [-0.2, -0.15) is 5.10 Å². The lowest BCUT2D eigenvalue weighted by atomic mass is 10.1. The highest BCUT2D eigenvalue weighted by Gasteiger charge is 2.17. The van der Waals surface area contributed by atoms with Crippen LogP contribution in [0, 0.1) is 5.92 Å². The van der Waals surface area contributed by atoms with Gasteiger partial charge in [-0.05, 0) is 39.0 Å². The minimum Gasteiger partial charge on any atom is -0.465 e. The van der Waals surface area contributed by atoms with E-state index in [4.69, 9.17) is 27.9 Å². The summed E-state index contributed by atoms with van der Waals surface area (Å²) in [6, 6.07) is 4.68. The molecule has 0 aliphatic carbocycles. The summed E-state index contributed by atoms with van der Waals surface area (Å²) in [4.78, 5) is 35.2. The highest BCUT2D eigenvalue weighted by atomic mass is 35.5. The smallest absolute Gasteiger partial charge is 0.314 e. The van der Waals surface area contributed by atoms with Crippen LogP contribution < -0.4 is 10.7 Å². The number of hydrogen-bond donors (Lipinski definition) is 2. The predicted molar refractivity (Wildman–Crippen MR) is 101 cm³/mol. The first-order valence-corrected chi connectivity index (χ1v) is 8.74. The van der Waals surface area contributed by atoms with Crippen molar-refractivity contribution in [2.24, 2.45) is 11.0 Å². The molecule has 142 valence electrons. The molecule has 1 aromatic rings. The van der Waals surface area contributed by atoms with Gasteiger partial charge in [0.1, 0.15) is 0 Å². The van der Waals surface area contributed by atoms with Crippen molar-refractivity contribution in [3.63, 3.8) is 0 Å². The summed E-state index contributed by atoms with van der Waals surface area (Å²) in [5.74, 6) is -1.80. The van der Waals surface area contributed by atoms with Crippen LogP contribution in [0.15, 0.2) is 23.3 Å². The summed E-state index contributed by atoms with van der Waals surface area (Å²) in [7, 11) is 0. The van der Waals surface area contributed by atoms with E-state index >= 15 is 0 Å². The molecule has 1 atom stereocenters. The molecule has 0 radical (unpaired) electrons. The van der Waals surface area contributed by atoms with Crippen LogP contribution in [0.2, 0.25) is 10.0 Å². The average Bonchev–Trinajstić information content (AvgIpc) is 2.59. The zero-order valence-electron chi connectivity index (χ0n) is 14.8. The molecule has 9 heteroatoms. The van der Waals surface area contributed by atoms with E-state index in [9.17, 15) is 14.4 Å². The van der Waals surface area contributed by atoms with Crippen LogP contribution in [0.1, 0.15) is 33.6 Å². The number of hydrazone groups is 1. The van der Waals surface area contributed by atoms with Crippen molar-refractivity contribution in [2.75, 3.05) is 11.9 Å². The fraction of sp³-hybridized carbons (Fsp3) is 0.412. The topological polar surface area (TPSA) is 96.9 Å². The molecular weight excluding hydrogens is 381 g/mol. The number of hydrogen-bond acceptors (Lipinski definition) is 5. The zero-order chi connectivity index (χ0) is 19.7. The quantitative estimate of drug-likeness (QED) is 0.396. The van der Waals surface area contributed by atoms with Gasteiger partial charge in [-0.1, -0.05) is 23.2 Å². The Hall–Kier alpha value is -2.12.